The Bertz CT molecular complexity index is 638. The van der Waals surface area contributed by atoms with Crippen LogP contribution in [0.1, 0.15) is 271 Å². The summed E-state index contributed by atoms with van der Waals surface area (Å²) in [5.41, 5.74) is 0. The predicted octanol–water partition coefficient (Wildman–Crippen LogP) is 17.0. The third-order valence-corrected chi connectivity index (χ3v) is 10.6. The lowest BCUT2D eigenvalue weighted by Gasteiger charge is -2.06. The SMILES string of the molecule is CCCCCC/C=C/CCCCCCCCCCCC(=O)OCCCCCCCCCCCCCCCCCCCCCCCCC(C)C. The fourth-order valence-corrected chi connectivity index (χ4v) is 7.14. The van der Waals surface area contributed by atoms with E-state index in [-0.39, 0.29) is 5.97 Å². The summed E-state index contributed by atoms with van der Waals surface area (Å²) in [5.74, 6) is 0.912. The van der Waals surface area contributed by atoms with Crippen molar-refractivity contribution < 1.29 is 9.53 Å². The van der Waals surface area contributed by atoms with Crippen molar-refractivity contribution in [2.24, 2.45) is 5.92 Å². The highest BCUT2D eigenvalue weighted by Crippen LogP contribution is 2.17. The van der Waals surface area contributed by atoms with Gasteiger partial charge in [-0.1, -0.05) is 238 Å². The monoisotopic (exact) mass is 689 g/mol. The summed E-state index contributed by atoms with van der Waals surface area (Å²) >= 11 is 0. The van der Waals surface area contributed by atoms with E-state index >= 15 is 0 Å². The van der Waals surface area contributed by atoms with Crippen LogP contribution in [0.3, 0.4) is 0 Å². The van der Waals surface area contributed by atoms with E-state index in [0.717, 1.165) is 18.8 Å². The summed E-state index contributed by atoms with van der Waals surface area (Å²) < 4.78 is 5.48. The first-order chi connectivity index (χ1) is 24.2. The number of unbranched alkanes of at least 4 members (excludes halogenated alkanes) is 34. The molecule has 0 aliphatic carbocycles. The van der Waals surface area contributed by atoms with Crippen molar-refractivity contribution in [1.29, 1.82) is 0 Å². The molecule has 0 amide bonds. The minimum Gasteiger partial charge on any atom is -0.466 e. The van der Waals surface area contributed by atoms with Crippen LogP contribution in [0.5, 0.6) is 0 Å². The molecule has 0 aromatic carbocycles. The number of carbonyl (C=O) groups is 1. The van der Waals surface area contributed by atoms with Gasteiger partial charge in [-0.25, -0.2) is 0 Å². The molecule has 0 aromatic heterocycles. The molecule has 0 heterocycles. The lowest BCUT2D eigenvalue weighted by Crippen LogP contribution is -2.05. The zero-order valence-electron chi connectivity index (χ0n) is 34.3. The van der Waals surface area contributed by atoms with Crippen LogP contribution >= 0.6 is 0 Å². The first kappa shape index (κ1) is 48.2. The average molecular weight is 689 g/mol. The van der Waals surface area contributed by atoms with Gasteiger partial charge in [0.2, 0.25) is 0 Å². The van der Waals surface area contributed by atoms with Gasteiger partial charge in [-0.05, 0) is 44.4 Å². The van der Waals surface area contributed by atoms with Gasteiger partial charge in [0.25, 0.3) is 0 Å². The fourth-order valence-electron chi connectivity index (χ4n) is 7.14. The van der Waals surface area contributed by atoms with E-state index in [1.54, 1.807) is 0 Å². The van der Waals surface area contributed by atoms with Gasteiger partial charge in [-0.15, -0.1) is 0 Å². The topological polar surface area (TPSA) is 26.3 Å². The molecule has 0 saturated heterocycles. The Hall–Kier alpha value is -0.790. The molecule has 292 valence electrons. The Morgan fingerprint density at radius 2 is 0.714 bits per heavy atom. The largest absolute Gasteiger partial charge is 0.466 e. The standard InChI is InChI=1S/C47H92O2/c1-4-5-6-7-8-9-10-11-12-19-23-26-29-32-35-38-41-44-47(48)49-45-42-39-36-33-30-27-24-21-18-16-14-13-15-17-20-22-25-28-31-34-37-40-43-46(2)3/h9-10,46H,4-8,11-45H2,1-3H3/b10-9+. The van der Waals surface area contributed by atoms with E-state index < -0.39 is 0 Å². The Labute approximate surface area is 310 Å². The second-order valence-electron chi connectivity index (χ2n) is 16.2. The van der Waals surface area contributed by atoms with Crippen molar-refractivity contribution >= 4 is 5.97 Å². The molecule has 0 atom stereocenters. The van der Waals surface area contributed by atoms with Crippen molar-refractivity contribution in [3.8, 4) is 0 Å². The van der Waals surface area contributed by atoms with E-state index in [0.29, 0.717) is 13.0 Å². The van der Waals surface area contributed by atoms with Gasteiger partial charge in [-0.3, -0.25) is 4.79 Å². The van der Waals surface area contributed by atoms with Crippen molar-refractivity contribution in [2.45, 2.75) is 271 Å². The third kappa shape index (κ3) is 45.2. The number of carbonyl (C=O) groups excluding carboxylic acids is 1. The zero-order valence-corrected chi connectivity index (χ0v) is 34.3. The first-order valence-corrected chi connectivity index (χ1v) is 23.0. The normalized spacial score (nSPS) is 11.8. The summed E-state index contributed by atoms with van der Waals surface area (Å²) in [6, 6.07) is 0. The molecular weight excluding hydrogens is 597 g/mol. The zero-order chi connectivity index (χ0) is 35.6. The molecule has 0 aliphatic rings. The quantitative estimate of drug-likeness (QED) is 0.0362. The molecule has 0 radical (unpaired) electrons. The van der Waals surface area contributed by atoms with E-state index in [9.17, 15) is 4.79 Å². The number of esters is 1. The lowest BCUT2D eigenvalue weighted by atomic mass is 10.0. The molecule has 0 aliphatic heterocycles. The highest BCUT2D eigenvalue weighted by molar-refractivity contribution is 5.69. The Morgan fingerprint density at radius 3 is 1.08 bits per heavy atom. The van der Waals surface area contributed by atoms with Gasteiger partial charge in [0, 0.05) is 6.42 Å². The van der Waals surface area contributed by atoms with Crippen LogP contribution in [0.25, 0.3) is 0 Å². The average Bonchev–Trinajstić information content (AvgIpc) is 3.09. The maximum atomic E-state index is 12.0. The smallest absolute Gasteiger partial charge is 0.305 e. The molecule has 0 bridgehead atoms. The highest BCUT2D eigenvalue weighted by atomic mass is 16.5. The molecule has 0 N–H and O–H groups in total. The minimum atomic E-state index is 0.0267. The third-order valence-electron chi connectivity index (χ3n) is 10.6. The number of hydrogen-bond donors (Lipinski definition) is 0. The Morgan fingerprint density at radius 1 is 0.408 bits per heavy atom. The molecule has 0 saturated carbocycles. The van der Waals surface area contributed by atoms with Crippen LogP contribution < -0.4 is 0 Å². The van der Waals surface area contributed by atoms with Gasteiger partial charge >= 0.3 is 5.97 Å². The van der Waals surface area contributed by atoms with Crippen LogP contribution in [-0.2, 0) is 9.53 Å². The van der Waals surface area contributed by atoms with Gasteiger partial charge in [0.15, 0.2) is 0 Å². The Balaban J connectivity index is 3.16. The van der Waals surface area contributed by atoms with Crippen molar-refractivity contribution in [1.82, 2.24) is 0 Å². The molecule has 0 fully saturated rings. The van der Waals surface area contributed by atoms with Crippen LogP contribution in [0.15, 0.2) is 12.2 Å². The first-order valence-electron chi connectivity index (χ1n) is 23.0. The molecule has 0 unspecified atom stereocenters. The minimum absolute atomic E-state index is 0.0267. The highest BCUT2D eigenvalue weighted by Gasteiger charge is 2.03. The van der Waals surface area contributed by atoms with E-state index in [1.807, 2.05) is 0 Å². The number of allylic oxidation sites excluding steroid dienone is 2. The van der Waals surface area contributed by atoms with Gasteiger partial charge in [-0.2, -0.15) is 0 Å². The molecule has 2 nitrogen and oxygen atoms in total. The number of hydrogen-bond acceptors (Lipinski definition) is 2. The number of rotatable bonds is 42. The van der Waals surface area contributed by atoms with Crippen LogP contribution in [-0.4, -0.2) is 12.6 Å². The maximum Gasteiger partial charge on any atom is 0.305 e. The molecule has 49 heavy (non-hydrogen) atoms. The van der Waals surface area contributed by atoms with Crippen LogP contribution in [0, 0.1) is 5.92 Å². The molecule has 0 spiro atoms. The van der Waals surface area contributed by atoms with E-state index in [4.69, 9.17) is 4.74 Å². The number of ether oxygens (including phenoxy) is 1. The van der Waals surface area contributed by atoms with E-state index in [2.05, 4.69) is 32.9 Å². The maximum absolute atomic E-state index is 12.0. The van der Waals surface area contributed by atoms with Gasteiger partial charge in [0.05, 0.1) is 6.61 Å². The fraction of sp³-hybridized carbons (Fsp3) is 0.936. The summed E-state index contributed by atoms with van der Waals surface area (Å²) in [6.07, 6.45) is 57.5. The second kappa shape index (κ2) is 43.4. The summed E-state index contributed by atoms with van der Waals surface area (Å²) in [6.45, 7) is 7.60. The molecule has 0 aromatic rings. The Kier molecular flexibility index (Phi) is 42.7. The molecular formula is C47H92O2. The van der Waals surface area contributed by atoms with Crippen LogP contribution in [0.4, 0.5) is 0 Å². The van der Waals surface area contributed by atoms with Crippen LogP contribution in [0.2, 0.25) is 0 Å². The summed E-state index contributed by atoms with van der Waals surface area (Å²) in [7, 11) is 0. The van der Waals surface area contributed by atoms with E-state index in [1.165, 1.54) is 231 Å². The summed E-state index contributed by atoms with van der Waals surface area (Å²) in [5, 5.41) is 0. The van der Waals surface area contributed by atoms with Crippen molar-refractivity contribution in [3.63, 3.8) is 0 Å². The van der Waals surface area contributed by atoms with Crippen molar-refractivity contribution in [3.05, 3.63) is 12.2 Å². The lowest BCUT2D eigenvalue weighted by molar-refractivity contribution is -0.143. The predicted molar refractivity (Wildman–Crippen MR) is 221 cm³/mol. The molecule has 0 rings (SSSR count). The van der Waals surface area contributed by atoms with Crippen molar-refractivity contribution in [2.75, 3.05) is 6.61 Å². The van der Waals surface area contributed by atoms with Gasteiger partial charge < -0.3 is 4.74 Å². The van der Waals surface area contributed by atoms with Gasteiger partial charge in [0.1, 0.15) is 0 Å². The molecule has 2 heteroatoms. The summed E-state index contributed by atoms with van der Waals surface area (Å²) in [4.78, 5) is 12.0. The second-order valence-corrected chi connectivity index (χ2v) is 16.2.